The van der Waals surface area contributed by atoms with Crippen molar-refractivity contribution in [2.75, 3.05) is 24.3 Å². The highest BCUT2D eigenvalue weighted by molar-refractivity contribution is 9.11. The highest BCUT2D eigenvalue weighted by Gasteiger charge is 2.54. The molecule has 1 fully saturated rings. The Kier molecular flexibility index (Phi) is 9.03. The molecule has 4 N–H and O–H groups in total. The van der Waals surface area contributed by atoms with E-state index in [2.05, 4.69) is 41.6 Å². The lowest BCUT2D eigenvalue weighted by Gasteiger charge is -2.49. The smallest absolute Gasteiger partial charge is 0.352 e. The van der Waals surface area contributed by atoms with Crippen LogP contribution in [0.3, 0.4) is 0 Å². The Hall–Kier alpha value is -1.92. The number of thiazole rings is 1. The SMILES string of the molecule is CON=C(C(=O)NC1C(=O)N2C(C(=O)O)=C(CSc3nnc(C)s3)CS[C@@H]12)c1nc(N)sc1Br.Cl. The molecule has 35 heavy (non-hydrogen) atoms. The van der Waals surface area contributed by atoms with Crippen molar-refractivity contribution in [2.45, 2.75) is 22.7 Å². The Morgan fingerprint density at radius 1 is 1.40 bits per heavy atom. The highest BCUT2D eigenvalue weighted by atomic mass is 79.9. The Balaban J connectivity index is 0.00000342. The van der Waals surface area contributed by atoms with E-state index in [1.165, 1.54) is 46.9 Å². The summed E-state index contributed by atoms with van der Waals surface area (Å²) in [5, 5.41) is 24.6. The van der Waals surface area contributed by atoms with Crippen molar-refractivity contribution < 1.29 is 24.3 Å². The zero-order valence-corrected chi connectivity index (χ0v) is 23.6. The van der Waals surface area contributed by atoms with Crippen molar-refractivity contribution >= 4 is 103 Å². The van der Waals surface area contributed by atoms with Gasteiger partial charge in [0.2, 0.25) is 0 Å². The molecule has 0 radical (unpaired) electrons. The molecular weight excluding hydrogens is 626 g/mol. The minimum Gasteiger partial charge on any atom is -0.477 e. The molecule has 1 saturated heterocycles. The number of amides is 2. The van der Waals surface area contributed by atoms with Gasteiger partial charge in [0.15, 0.2) is 15.2 Å². The number of nitrogens with two attached hydrogens (primary N) is 1. The van der Waals surface area contributed by atoms with E-state index >= 15 is 0 Å². The van der Waals surface area contributed by atoms with E-state index in [-0.39, 0.29) is 34.6 Å². The first kappa shape index (κ1) is 27.7. The summed E-state index contributed by atoms with van der Waals surface area (Å²) in [6.45, 7) is 1.84. The molecule has 2 aromatic rings. The number of aliphatic carboxylic acids is 1. The van der Waals surface area contributed by atoms with Gasteiger partial charge in [-0.25, -0.2) is 9.78 Å². The Bertz CT molecular complexity index is 1240. The van der Waals surface area contributed by atoms with Crippen LogP contribution in [0.1, 0.15) is 10.7 Å². The molecule has 12 nitrogen and oxygen atoms in total. The van der Waals surface area contributed by atoms with Gasteiger partial charge in [-0.1, -0.05) is 39.6 Å². The van der Waals surface area contributed by atoms with E-state index in [0.29, 0.717) is 20.9 Å². The van der Waals surface area contributed by atoms with E-state index in [0.717, 1.165) is 20.7 Å². The Morgan fingerprint density at radius 2 is 2.14 bits per heavy atom. The number of rotatable bonds is 8. The second-order valence-corrected chi connectivity index (χ2v) is 12.6. The molecule has 2 aliphatic heterocycles. The predicted octanol–water partition coefficient (Wildman–Crippen LogP) is 1.95. The number of aromatic nitrogens is 3. The van der Waals surface area contributed by atoms with E-state index in [9.17, 15) is 19.5 Å². The summed E-state index contributed by atoms with van der Waals surface area (Å²) in [5.41, 5.74) is 6.26. The monoisotopic (exact) mass is 641 g/mol. The molecule has 188 valence electrons. The summed E-state index contributed by atoms with van der Waals surface area (Å²) in [6, 6.07) is -0.927. The van der Waals surface area contributed by atoms with E-state index in [1.54, 1.807) is 0 Å². The maximum atomic E-state index is 12.9. The Morgan fingerprint density at radius 3 is 2.71 bits per heavy atom. The van der Waals surface area contributed by atoms with Gasteiger partial charge in [-0.15, -0.1) is 34.4 Å². The lowest BCUT2D eigenvalue weighted by molar-refractivity contribution is -0.150. The van der Waals surface area contributed by atoms with Crippen LogP contribution in [-0.4, -0.2) is 78.7 Å². The quantitative estimate of drug-likeness (QED) is 0.166. The molecule has 0 bridgehead atoms. The number of anilines is 1. The van der Waals surface area contributed by atoms with Crippen LogP contribution in [0.15, 0.2) is 24.6 Å². The van der Waals surface area contributed by atoms with Crippen LogP contribution < -0.4 is 11.1 Å². The number of β-lactam (4-membered cyclic amide) rings is 1. The zero-order valence-electron chi connectivity index (χ0n) is 17.9. The van der Waals surface area contributed by atoms with Gasteiger partial charge in [0.05, 0.1) is 0 Å². The van der Waals surface area contributed by atoms with E-state index < -0.39 is 29.2 Å². The van der Waals surface area contributed by atoms with Gasteiger partial charge in [0, 0.05) is 11.5 Å². The summed E-state index contributed by atoms with van der Waals surface area (Å²) >= 11 is 8.56. The van der Waals surface area contributed by atoms with Gasteiger partial charge >= 0.3 is 5.97 Å². The number of carbonyl (C=O) groups excluding carboxylic acids is 2. The fourth-order valence-electron chi connectivity index (χ4n) is 3.24. The summed E-state index contributed by atoms with van der Waals surface area (Å²) in [5.74, 6) is -1.66. The number of fused-ring (bicyclic) bond motifs is 1. The largest absolute Gasteiger partial charge is 0.477 e. The average Bonchev–Trinajstić information content (AvgIpc) is 3.36. The molecule has 0 saturated carbocycles. The Labute approximate surface area is 229 Å². The van der Waals surface area contributed by atoms with Gasteiger partial charge in [-0.05, 0) is 28.4 Å². The van der Waals surface area contributed by atoms with Crippen LogP contribution in [0, 0.1) is 6.92 Å². The molecule has 18 heteroatoms. The third-order valence-electron chi connectivity index (χ3n) is 4.64. The number of carbonyl (C=O) groups is 3. The number of thioether (sulfide) groups is 2. The molecule has 4 rings (SSSR count). The van der Waals surface area contributed by atoms with Crippen LogP contribution in [-0.2, 0) is 19.2 Å². The standard InChI is InChI=1S/C17H16BrN7O5S4.ClH/c1-5-22-23-17(33-5)32-4-6-3-31-14-9(13(27)25(14)10(6)15(28)29)20-12(26)8(24-30-2)7-11(18)34-16(19)21-7;/h9,14H,3-4H2,1-2H3,(H2,19,21)(H,20,26)(H,28,29);1H/t9?,14-;/m0./s1. The van der Waals surface area contributed by atoms with Crippen LogP contribution in [0.5, 0.6) is 0 Å². The number of nitrogens with zero attached hydrogens (tertiary/aromatic N) is 5. The number of hydrogen-bond donors (Lipinski definition) is 3. The minimum atomic E-state index is -1.20. The maximum Gasteiger partial charge on any atom is 0.352 e. The number of carboxylic acids is 1. The number of oxime groups is 1. The lowest BCUT2D eigenvalue weighted by atomic mass is 10.0. The average molecular weight is 643 g/mol. The van der Waals surface area contributed by atoms with Gasteiger partial charge in [-0.2, -0.15) is 0 Å². The van der Waals surface area contributed by atoms with Gasteiger partial charge in [0.25, 0.3) is 11.8 Å². The molecule has 0 spiro atoms. The number of carboxylic acid groups (broad SMARTS) is 1. The maximum absolute atomic E-state index is 12.9. The molecule has 2 atom stereocenters. The van der Waals surface area contributed by atoms with Crippen molar-refractivity contribution in [1.29, 1.82) is 0 Å². The summed E-state index contributed by atoms with van der Waals surface area (Å²) in [7, 11) is 1.27. The number of nitrogen functional groups attached to an aromatic ring is 1. The van der Waals surface area contributed by atoms with Crippen molar-refractivity contribution in [3.63, 3.8) is 0 Å². The van der Waals surface area contributed by atoms with Gasteiger partial charge in [-0.3, -0.25) is 14.5 Å². The van der Waals surface area contributed by atoms with E-state index in [4.69, 9.17) is 10.6 Å². The minimum absolute atomic E-state index is 0. The number of hydrogen-bond acceptors (Lipinski definition) is 13. The fraction of sp³-hybridized carbons (Fsp3) is 0.353. The fourth-order valence-corrected chi connectivity index (χ4v) is 7.87. The first-order valence-electron chi connectivity index (χ1n) is 9.38. The lowest BCUT2D eigenvalue weighted by Crippen LogP contribution is -2.71. The van der Waals surface area contributed by atoms with Gasteiger partial charge in [0.1, 0.15) is 38.7 Å². The first-order valence-corrected chi connectivity index (χ1v) is 13.8. The number of nitrogens with one attached hydrogen (secondary N) is 1. The normalized spacial score (nSPS) is 19.6. The molecule has 0 aliphatic carbocycles. The molecule has 2 aromatic heterocycles. The molecule has 0 aromatic carbocycles. The van der Waals surface area contributed by atoms with Crippen LogP contribution >= 0.6 is 74.5 Å². The molecule has 1 unspecified atom stereocenters. The first-order chi connectivity index (χ1) is 16.2. The second kappa shape index (κ2) is 11.4. The van der Waals surface area contributed by atoms with Crippen molar-refractivity contribution in [1.82, 2.24) is 25.4 Å². The predicted molar refractivity (Wildman–Crippen MR) is 140 cm³/mol. The molecule has 2 aliphatic rings. The van der Waals surface area contributed by atoms with Crippen molar-refractivity contribution in [3.05, 3.63) is 25.8 Å². The van der Waals surface area contributed by atoms with Crippen molar-refractivity contribution in [3.8, 4) is 0 Å². The third-order valence-corrected chi connectivity index (χ3v) is 9.57. The zero-order chi connectivity index (χ0) is 24.6. The van der Waals surface area contributed by atoms with Crippen LogP contribution in [0.25, 0.3) is 0 Å². The van der Waals surface area contributed by atoms with Gasteiger partial charge < -0.3 is 21.0 Å². The van der Waals surface area contributed by atoms with Crippen LogP contribution in [0.2, 0.25) is 0 Å². The topological polar surface area (TPSA) is 173 Å². The summed E-state index contributed by atoms with van der Waals surface area (Å²) in [6.07, 6.45) is 0. The highest BCUT2D eigenvalue weighted by Crippen LogP contribution is 2.42. The van der Waals surface area contributed by atoms with Crippen LogP contribution in [0.4, 0.5) is 5.13 Å². The summed E-state index contributed by atoms with van der Waals surface area (Å²) in [4.78, 5) is 47.9. The second-order valence-electron chi connectivity index (χ2n) is 6.79. The number of aryl methyl sites for hydroxylation is 1. The number of halogens is 2. The molecule has 2 amide bonds. The van der Waals surface area contributed by atoms with E-state index in [1.807, 2.05) is 6.92 Å². The summed E-state index contributed by atoms with van der Waals surface area (Å²) < 4.78 is 1.20. The van der Waals surface area contributed by atoms with Crippen molar-refractivity contribution in [2.24, 2.45) is 5.16 Å². The molecular formula is C17H17BrClN7O5S4. The third kappa shape index (κ3) is 5.59. The molecule has 4 heterocycles.